The van der Waals surface area contributed by atoms with Crippen LogP contribution in [0, 0.1) is 23.2 Å². The molecule has 0 aromatic carbocycles. The zero-order valence-electron chi connectivity index (χ0n) is 15.9. The van der Waals surface area contributed by atoms with Gasteiger partial charge in [0, 0.05) is 25.0 Å². The van der Waals surface area contributed by atoms with Crippen LogP contribution < -0.4 is 21.7 Å². The lowest BCUT2D eigenvalue weighted by Gasteiger charge is -2.56. The lowest BCUT2D eigenvalue weighted by Crippen LogP contribution is -2.61. The third kappa shape index (κ3) is 4.30. The second-order valence-corrected chi connectivity index (χ2v) is 9.35. The molecule has 0 aliphatic heterocycles. The predicted octanol–water partition coefficient (Wildman–Crippen LogP) is 1.27. The summed E-state index contributed by atoms with van der Waals surface area (Å²) >= 11 is 0. The molecule has 7 nitrogen and oxygen atoms in total. The van der Waals surface area contributed by atoms with E-state index in [9.17, 15) is 14.4 Å². The highest BCUT2D eigenvalue weighted by Crippen LogP contribution is 2.55. The van der Waals surface area contributed by atoms with Crippen molar-refractivity contribution in [3.63, 3.8) is 0 Å². The van der Waals surface area contributed by atoms with Crippen molar-refractivity contribution in [3.05, 3.63) is 0 Å². The molecule has 4 amide bonds. The number of urea groups is 1. The largest absolute Gasteiger partial charge is 0.369 e. The third-order valence-corrected chi connectivity index (χ3v) is 6.45. The topological polar surface area (TPSA) is 113 Å². The highest BCUT2D eigenvalue weighted by Gasteiger charge is 2.51. The maximum atomic E-state index is 12.3. The molecule has 4 rings (SSSR count). The molecule has 0 atom stereocenters. The van der Waals surface area contributed by atoms with Crippen molar-refractivity contribution in [3.8, 4) is 0 Å². The summed E-state index contributed by atoms with van der Waals surface area (Å²) in [6.07, 6.45) is 7.52. The summed E-state index contributed by atoms with van der Waals surface area (Å²) in [4.78, 5) is 35.4. The first-order valence-corrected chi connectivity index (χ1v) is 9.80. The van der Waals surface area contributed by atoms with Gasteiger partial charge in [-0.3, -0.25) is 9.59 Å². The van der Waals surface area contributed by atoms with Crippen LogP contribution in [0.25, 0.3) is 0 Å². The average Bonchev–Trinajstić information content (AvgIpc) is 2.51. The van der Waals surface area contributed by atoms with E-state index in [1.807, 2.05) is 0 Å². The summed E-state index contributed by atoms with van der Waals surface area (Å²) in [6, 6.07) is -0.169. The quantitative estimate of drug-likeness (QED) is 0.545. The summed E-state index contributed by atoms with van der Waals surface area (Å²) in [5.74, 6) is 1.68. The van der Waals surface area contributed by atoms with Crippen molar-refractivity contribution >= 4 is 17.8 Å². The van der Waals surface area contributed by atoms with Crippen LogP contribution >= 0.6 is 0 Å². The molecule has 0 radical (unpaired) electrons. The SMILES string of the molecule is CC(C)(CNC(=O)CCNC(=O)NC12CC3CC(CC(C3)C1)C2)C(N)=O. The van der Waals surface area contributed by atoms with E-state index in [0.29, 0.717) is 0 Å². The first-order valence-electron chi connectivity index (χ1n) is 9.80. The van der Waals surface area contributed by atoms with Crippen LogP contribution in [0.5, 0.6) is 0 Å². The molecule has 146 valence electrons. The molecule has 0 aromatic rings. The maximum absolute atomic E-state index is 12.3. The highest BCUT2D eigenvalue weighted by molar-refractivity contribution is 5.82. The molecule has 0 heterocycles. The lowest BCUT2D eigenvalue weighted by molar-refractivity contribution is -0.127. The monoisotopic (exact) mass is 364 g/mol. The van der Waals surface area contributed by atoms with Gasteiger partial charge in [0.2, 0.25) is 11.8 Å². The summed E-state index contributed by atoms with van der Waals surface area (Å²) in [6.45, 7) is 3.85. The van der Waals surface area contributed by atoms with Crippen molar-refractivity contribution in [1.82, 2.24) is 16.0 Å². The molecule has 4 fully saturated rings. The molecule has 7 heteroatoms. The zero-order chi connectivity index (χ0) is 18.9. The molecular weight excluding hydrogens is 332 g/mol. The number of hydrogen-bond acceptors (Lipinski definition) is 3. The van der Waals surface area contributed by atoms with Crippen molar-refractivity contribution in [2.75, 3.05) is 13.1 Å². The van der Waals surface area contributed by atoms with Gasteiger partial charge in [-0.25, -0.2) is 4.79 Å². The Balaban J connectivity index is 1.37. The molecule has 4 bridgehead atoms. The number of carbonyl (C=O) groups is 3. The number of nitrogens with one attached hydrogen (secondary N) is 3. The fourth-order valence-electron chi connectivity index (χ4n) is 5.33. The van der Waals surface area contributed by atoms with Gasteiger partial charge in [-0.1, -0.05) is 0 Å². The second-order valence-electron chi connectivity index (χ2n) is 9.35. The minimum atomic E-state index is -0.779. The van der Waals surface area contributed by atoms with Crippen LogP contribution in [0.3, 0.4) is 0 Å². The van der Waals surface area contributed by atoms with E-state index >= 15 is 0 Å². The number of amides is 4. The molecule has 0 aromatic heterocycles. The minimum Gasteiger partial charge on any atom is -0.369 e. The number of nitrogens with two attached hydrogens (primary N) is 1. The molecule has 0 saturated heterocycles. The van der Waals surface area contributed by atoms with Crippen LogP contribution in [0.1, 0.15) is 58.8 Å². The van der Waals surface area contributed by atoms with E-state index in [0.717, 1.165) is 37.0 Å². The Morgan fingerprint density at radius 2 is 1.54 bits per heavy atom. The van der Waals surface area contributed by atoms with Gasteiger partial charge in [-0.05, 0) is 70.1 Å². The maximum Gasteiger partial charge on any atom is 0.315 e. The van der Waals surface area contributed by atoms with Crippen molar-refractivity contribution in [1.29, 1.82) is 0 Å². The van der Waals surface area contributed by atoms with E-state index < -0.39 is 11.3 Å². The molecule has 5 N–H and O–H groups in total. The average molecular weight is 364 g/mol. The zero-order valence-corrected chi connectivity index (χ0v) is 15.9. The summed E-state index contributed by atoms with van der Waals surface area (Å²) in [5.41, 5.74) is 4.48. The number of carbonyl (C=O) groups excluding carboxylic acids is 3. The van der Waals surface area contributed by atoms with Gasteiger partial charge in [0.1, 0.15) is 0 Å². The third-order valence-electron chi connectivity index (χ3n) is 6.45. The number of primary amides is 1. The fourth-order valence-corrected chi connectivity index (χ4v) is 5.33. The van der Waals surface area contributed by atoms with E-state index in [1.165, 1.54) is 19.3 Å². The Bertz CT molecular complexity index is 552. The standard InChI is InChI=1S/C19H32N4O3/c1-18(2,16(20)25)11-22-15(24)3-4-21-17(26)23-19-8-12-5-13(9-19)7-14(6-12)10-19/h12-14H,3-11H2,1-2H3,(H2,20,25)(H,22,24)(H2,21,23,26). The highest BCUT2D eigenvalue weighted by atomic mass is 16.2. The Hall–Kier alpha value is -1.79. The second kappa shape index (κ2) is 7.08. The van der Waals surface area contributed by atoms with E-state index in [4.69, 9.17) is 5.73 Å². The summed E-state index contributed by atoms with van der Waals surface area (Å²) in [5, 5.41) is 8.73. The van der Waals surface area contributed by atoms with Crippen LogP contribution in [-0.4, -0.2) is 36.5 Å². The first-order chi connectivity index (χ1) is 12.2. The van der Waals surface area contributed by atoms with Crippen LogP contribution in [0.2, 0.25) is 0 Å². The van der Waals surface area contributed by atoms with Gasteiger partial charge >= 0.3 is 6.03 Å². The van der Waals surface area contributed by atoms with Crippen LogP contribution in [0.15, 0.2) is 0 Å². The number of hydrogen-bond donors (Lipinski definition) is 4. The first kappa shape index (κ1) is 19.0. The van der Waals surface area contributed by atoms with Crippen molar-refractivity contribution < 1.29 is 14.4 Å². The van der Waals surface area contributed by atoms with Gasteiger partial charge < -0.3 is 21.7 Å². The van der Waals surface area contributed by atoms with Crippen LogP contribution in [-0.2, 0) is 9.59 Å². The Morgan fingerprint density at radius 1 is 1.00 bits per heavy atom. The van der Waals surface area contributed by atoms with E-state index in [1.54, 1.807) is 13.8 Å². The molecule has 4 saturated carbocycles. The molecule has 0 spiro atoms. The van der Waals surface area contributed by atoms with Crippen molar-refractivity contribution in [2.45, 2.75) is 64.3 Å². The van der Waals surface area contributed by atoms with Gasteiger partial charge in [-0.15, -0.1) is 0 Å². The normalized spacial score (nSPS) is 32.2. The summed E-state index contributed by atoms with van der Waals surface area (Å²) in [7, 11) is 0. The van der Waals surface area contributed by atoms with E-state index in [2.05, 4.69) is 16.0 Å². The lowest BCUT2D eigenvalue weighted by atomic mass is 9.53. The molecular formula is C19H32N4O3. The molecule has 0 unspecified atom stereocenters. The molecule has 26 heavy (non-hydrogen) atoms. The van der Waals surface area contributed by atoms with Gasteiger partial charge in [0.05, 0.1) is 5.41 Å². The van der Waals surface area contributed by atoms with Gasteiger partial charge in [0.25, 0.3) is 0 Å². The molecule has 4 aliphatic carbocycles. The predicted molar refractivity (Wildman–Crippen MR) is 98.0 cm³/mol. The minimum absolute atomic E-state index is 0.0212. The van der Waals surface area contributed by atoms with Gasteiger partial charge in [-0.2, -0.15) is 0 Å². The Labute approximate surface area is 155 Å². The summed E-state index contributed by atoms with van der Waals surface area (Å²) < 4.78 is 0. The molecule has 4 aliphatic rings. The Kier molecular flexibility index (Phi) is 5.17. The van der Waals surface area contributed by atoms with E-state index in [-0.39, 0.29) is 37.0 Å². The Morgan fingerprint density at radius 3 is 2.04 bits per heavy atom. The smallest absolute Gasteiger partial charge is 0.315 e. The van der Waals surface area contributed by atoms with Gasteiger partial charge in [0.15, 0.2) is 0 Å². The van der Waals surface area contributed by atoms with Crippen LogP contribution in [0.4, 0.5) is 4.79 Å². The fraction of sp³-hybridized carbons (Fsp3) is 0.842. The van der Waals surface area contributed by atoms with Crippen molar-refractivity contribution in [2.24, 2.45) is 28.9 Å². The number of rotatable bonds is 7.